The molecular formula is C10H10N2O2. The highest BCUT2D eigenvalue weighted by atomic mass is 16.4. The molecule has 14 heavy (non-hydrogen) atoms. The third-order valence-corrected chi connectivity index (χ3v) is 1.72. The average molecular weight is 190 g/mol. The molecule has 0 aliphatic heterocycles. The van der Waals surface area contributed by atoms with Gasteiger partial charge < -0.3 is 8.83 Å². The molecule has 0 radical (unpaired) electrons. The fraction of sp³-hybridized carbons (Fsp3) is 0.200. The van der Waals surface area contributed by atoms with Crippen molar-refractivity contribution in [2.24, 2.45) is 0 Å². The molecule has 4 nitrogen and oxygen atoms in total. The van der Waals surface area contributed by atoms with Crippen molar-refractivity contribution in [2.75, 3.05) is 0 Å². The SMILES string of the molecule is CCc1nnc(/C=C/c2ccco2)o1. The van der Waals surface area contributed by atoms with Crippen molar-refractivity contribution in [3.63, 3.8) is 0 Å². The summed E-state index contributed by atoms with van der Waals surface area (Å²) in [4.78, 5) is 0. The van der Waals surface area contributed by atoms with Gasteiger partial charge in [0.25, 0.3) is 0 Å². The van der Waals surface area contributed by atoms with E-state index in [0.717, 1.165) is 12.2 Å². The van der Waals surface area contributed by atoms with Gasteiger partial charge in [-0.25, -0.2) is 0 Å². The fourth-order valence-corrected chi connectivity index (χ4v) is 1.02. The molecule has 0 aromatic carbocycles. The van der Waals surface area contributed by atoms with E-state index in [9.17, 15) is 0 Å². The van der Waals surface area contributed by atoms with Gasteiger partial charge in [0.2, 0.25) is 11.8 Å². The third kappa shape index (κ3) is 1.90. The normalized spacial score (nSPS) is 11.2. The quantitative estimate of drug-likeness (QED) is 0.745. The van der Waals surface area contributed by atoms with Crippen LogP contribution in [0.3, 0.4) is 0 Å². The van der Waals surface area contributed by atoms with Crippen LogP contribution >= 0.6 is 0 Å². The Morgan fingerprint density at radius 1 is 1.36 bits per heavy atom. The maximum atomic E-state index is 5.28. The Bertz CT molecular complexity index is 415. The average Bonchev–Trinajstić information content (AvgIpc) is 2.86. The minimum Gasteiger partial charge on any atom is -0.465 e. The van der Waals surface area contributed by atoms with Crippen LogP contribution in [0.25, 0.3) is 12.2 Å². The van der Waals surface area contributed by atoms with Crippen molar-refractivity contribution >= 4 is 12.2 Å². The highest BCUT2D eigenvalue weighted by Gasteiger charge is 1.99. The molecule has 0 atom stereocenters. The Kier molecular flexibility index (Phi) is 2.44. The van der Waals surface area contributed by atoms with Gasteiger partial charge in [0.1, 0.15) is 5.76 Å². The highest BCUT2D eigenvalue weighted by Crippen LogP contribution is 2.07. The van der Waals surface area contributed by atoms with Crippen molar-refractivity contribution in [1.29, 1.82) is 0 Å². The zero-order valence-electron chi connectivity index (χ0n) is 7.80. The van der Waals surface area contributed by atoms with E-state index in [4.69, 9.17) is 8.83 Å². The first kappa shape index (κ1) is 8.74. The molecule has 2 rings (SSSR count). The lowest BCUT2D eigenvalue weighted by Gasteiger charge is -1.82. The number of rotatable bonds is 3. The second kappa shape index (κ2) is 3.91. The van der Waals surface area contributed by atoms with Gasteiger partial charge in [0.05, 0.1) is 6.26 Å². The molecule has 0 saturated heterocycles. The van der Waals surface area contributed by atoms with E-state index in [0.29, 0.717) is 11.8 Å². The summed E-state index contributed by atoms with van der Waals surface area (Å²) < 4.78 is 10.4. The van der Waals surface area contributed by atoms with Crippen molar-refractivity contribution in [1.82, 2.24) is 10.2 Å². The Labute approximate surface area is 81.3 Å². The summed E-state index contributed by atoms with van der Waals surface area (Å²) in [6, 6.07) is 3.68. The molecule has 0 fully saturated rings. The second-order valence-corrected chi connectivity index (χ2v) is 2.74. The minimum absolute atomic E-state index is 0.498. The van der Waals surface area contributed by atoms with E-state index in [1.54, 1.807) is 18.4 Å². The lowest BCUT2D eigenvalue weighted by Crippen LogP contribution is -1.76. The Morgan fingerprint density at radius 3 is 2.93 bits per heavy atom. The monoisotopic (exact) mass is 190 g/mol. The molecule has 2 heterocycles. The summed E-state index contributed by atoms with van der Waals surface area (Å²) >= 11 is 0. The number of aryl methyl sites for hydroxylation is 1. The number of furan rings is 1. The summed E-state index contributed by atoms with van der Waals surface area (Å²) in [5, 5.41) is 7.68. The van der Waals surface area contributed by atoms with Crippen LogP contribution in [0.4, 0.5) is 0 Å². The van der Waals surface area contributed by atoms with Gasteiger partial charge in [-0.1, -0.05) is 6.92 Å². The summed E-state index contributed by atoms with van der Waals surface area (Å²) in [5.41, 5.74) is 0. The van der Waals surface area contributed by atoms with Crippen LogP contribution in [0, 0.1) is 0 Å². The van der Waals surface area contributed by atoms with E-state index >= 15 is 0 Å². The molecule has 0 amide bonds. The molecule has 2 aromatic heterocycles. The van der Waals surface area contributed by atoms with Crippen molar-refractivity contribution in [3.05, 3.63) is 35.9 Å². The van der Waals surface area contributed by atoms with Crippen molar-refractivity contribution in [3.8, 4) is 0 Å². The number of nitrogens with zero attached hydrogens (tertiary/aromatic N) is 2. The van der Waals surface area contributed by atoms with E-state index < -0.39 is 0 Å². The van der Waals surface area contributed by atoms with Crippen LogP contribution in [0.1, 0.15) is 24.5 Å². The zero-order valence-corrected chi connectivity index (χ0v) is 7.80. The molecule has 4 heteroatoms. The standard InChI is InChI=1S/C10H10N2O2/c1-2-9-11-12-10(14-9)6-5-8-4-3-7-13-8/h3-7H,2H2,1H3/b6-5+. The molecule has 0 spiro atoms. The van der Waals surface area contributed by atoms with Crippen LogP contribution in [-0.4, -0.2) is 10.2 Å². The Hall–Kier alpha value is -1.84. The molecule has 0 aliphatic rings. The topological polar surface area (TPSA) is 52.1 Å². The summed E-state index contributed by atoms with van der Waals surface area (Å²) in [6.07, 6.45) is 5.88. The maximum Gasteiger partial charge on any atom is 0.240 e. The van der Waals surface area contributed by atoms with Crippen molar-refractivity contribution < 1.29 is 8.83 Å². The molecule has 0 N–H and O–H groups in total. The Morgan fingerprint density at radius 2 is 2.29 bits per heavy atom. The van der Waals surface area contributed by atoms with E-state index in [2.05, 4.69) is 10.2 Å². The van der Waals surface area contributed by atoms with Crippen LogP contribution in [0.2, 0.25) is 0 Å². The molecule has 0 aliphatic carbocycles. The molecule has 0 unspecified atom stereocenters. The first-order chi connectivity index (χ1) is 6.88. The lowest BCUT2D eigenvalue weighted by molar-refractivity contribution is 0.491. The van der Waals surface area contributed by atoms with Gasteiger partial charge in [-0.05, 0) is 18.2 Å². The number of aromatic nitrogens is 2. The lowest BCUT2D eigenvalue weighted by atomic mass is 10.4. The minimum atomic E-state index is 0.498. The fourth-order valence-electron chi connectivity index (χ4n) is 1.02. The van der Waals surface area contributed by atoms with E-state index in [1.807, 2.05) is 19.1 Å². The zero-order chi connectivity index (χ0) is 9.80. The summed E-state index contributed by atoms with van der Waals surface area (Å²) in [7, 11) is 0. The highest BCUT2D eigenvalue weighted by molar-refractivity contribution is 5.62. The van der Waals surface area contributed by atoms with Crippen LogP contribution in [-0.2, 0) is 6.42 Å². The van der Waals surface area contributed by atoms with Gasteiger partial charge in [-0.3, -0.25) is 0 Å². The van der Waals surface area contributed by atoms with Crippen LogP contribution in [0.15, 0.2) is 27.2 Å². The molecule has 0 bridgehead atoms. The maximum absolute atomic E-state index is 5.28. The summed E-state index contributed by atoms with van der Waals surface area (Å²) in [5.74, 6) is 1.91. The predicted molar refractivity (Wildman–Crippen MR) is 51.3 cm³/mol. The first-order valence-electron chi connectivity index (χ1n) is 4.42. The smallest absolute Gasteiger partial charge is 0.240 e. The van der Waals surface area contributed by atoms with Gasteiger partial charge >= 0.3 is 0 Å². The van der Waals surface area contributed by atoms with E-state index in [-0.39, 0.29) is 0 Å². The first-order valence-corrected chi connectivity index (χ1v) is 4.42. The van der Waals surface area contributed by atoms with Gasteiger partial charge in [0, 0.05) is 12.5 Å². The van der Waals surface area contributed by atoms with Gasteiger partial charge in [-0.2, -0.15) is 0 Å². The molecule has 2 aromatic rings. The number of hydrogen-bond donors (Lipinski definition) is 0. The van der Waals surface area contributed by atoms with Gasteiger partial charge in [0.15, 0.2) is 0 Å². The molecular weight excluding hydrogens is 180 g/mol. The van der Waals surface area contributed by atoms with Gasteiger partial charge in [-0.15, -0.1) is 10.2 Å². The second-order valence-electron chi connectivity index (χ2n) is 2.74. The summed E-state index contributed by atoms with van der Waals surface area (Å²) in [6.45, 7) is 1.97. The predicted octanol–water partition coefficient (Wildman–Crippen LogP) is 2.40. The molecule has 0 saturated carbocycles. The van der Waals surface area contributed by atoms with Crippen LogP contribution in [0.5, 0.6) is 0 Å². The van der Waals surface area contributed by atoms with Crippen molar-refractivity contribution in [2.45, 2.75) is 13.3 Å². The third-order valence-electron chi connectivity index (χ3n) is 1.72. The Balaban J connectivity index is 2.10. The molecule has 72 valence electrons. The van der Waals surface area contributed by atoms with E-state index in [1.165, 1.54) is 0 Å². The largest absolute Gasteiger partial charge is 0.465 e. The van der Waals surface area contributed by atoms with Crippen LogP contribution < -0.4 is 0 Å². The number of hydrogen-bond acceptors (Lipinski definition) is 4.